The molecule has 4 unspecified atom stereocenters. The molecule has 26 heavy (non-hydrogen) atoms. The fraction of sp³-hybridized carbons (Fsp3) is 0.650. The van der Waals surface area contributed by atoms with Crippen LogP contribution >= 0.6 is 15.9 Å². The Morgan fingerprint density at radius 3 is 2.65 bits per heavy atom. The molecule has 3 aliphatic rings. The van der Waals surface area contributed by atoms with Crippen LogP contribution in [-0.4, -0.2) is 42.8 Å². The maximum absolute atomic E-state index is 11.3. The van der Waals surface area contributed by atoms with Gasteiger partial charge in [0, 0.05) is 29.5 Å². The Balaban J connectivity index is 1.38. The first-order valence-corrected chi connectivity index (χ1v) is 10.1. The van der Waals surface area contributed by atoms with Crippen molar-refractivity contribution in [2.24, 2.45) is 28.9 Å². The minimum absolute atomic E-state index is 0.0882. The first kappa shape index (κ1) is 18.1. The van der Waals surface area contributed by atoms with E-state index in [1.54, 1.807) is 0 Å². The van der Waals surface area contributed by atoms with E-state index in [1.165, 1.54) is 5.56 Å². The van der Waals surface area contributed by atoms with E-state index in [0.717, 1.165) is 36.3 Å². The molecule has 1 saturated carbocycles. The van der Waals surface area contributed by atoms with Crippen molar-refractivity contribution in [2.45, 2.75) is 39.3 Å². The third kappa shape index (κ3) is 3.33. The highest BCUT2D eigenvalue weighted by atomic mass is 79.9. The van der Waals surface area contributed by atoms with Crippen LogP contribution in [0.2, 0.25) is 0 Å². The van der Waals surface area contributed by atoms with Gasteiger partial charge in [-0.3, -0.25) is 4.90 Å². The van der Waals surface area contributed by atoms with E-state index in [9.17, 15) is 4.79 Å². The fourth-order valence-corrected chi connectivity index (χ4v) is 5.21. The number of hydrogen-bond donors (Lipinski definition) is 1. The van der Waals surface area contributed by atoms with Gasteiger partial charge in [0.2, 0.25) is 0 Å². The lowest BCUT2D eigenvalue weighted by atomic mass is 9.84. The Bertz CT molecular complexity index is 705. The predicted octanol–water partition coefficient (Wildman–Crippen LogP) is 3.44. The number of likely N-dealkylation sites (tertiary alicyclic amines) is 1. The fourth-order valence-electron chi connectivity index (χ4n) is 4.87. The van der Waals surface area contributed by atoms with Crippen molar-refractivity contribution in [1.82, 2.24) is 4.90 Å². The van der Waals surface area contributed by atoms with Crippen LogP contribution in [0.1, 0.15) is 26.3 Å². The second-order valence-electron chi connectivity index (χ2n) is 9.00. The van der Waals surface area contributed by atoms with Crippen molar-refractivity contribution in [3.63, 3.8) is 0 Å². The van der Waals surface area contributed by atoms with Gasteiger partial charge in [0.15, 0.2) is 0 Å². The molecule has 1 aromatic rings. The number of primary amides is 1. The first-order valence-electron chi connectivity index (χ1n) is 9.35. The van der Waals surface area contributed by atoms with E-state index >= 15 is 0 Å². The number of piperidine rings is 1. The number of carbonyl (C=O) groups is 1. The molecule has 2 N–H and O–H groups in total. The van der Waals surface area contributed by atoms with Gasteiger partial charge in [0.1, 0.15) is 18.5 Å². The molecule has 6 heteroatoms. The summed E-state index contributed by atoms with van der Waals surface area (Å²) in [6, 6.07) is 6.72. The predicted molar refractivity (Wildman–Crippen MR) is 103 cm³/mol. The maximum atomic E-state index is 11.3. The van der Waals surface area contributed by atoms with Crippen molar-refractivity contribution in [3.8, 4) is 5.75 Å². The summed E-state index contributed by atoms with van der Waals surface area (Å²) in [5.74, 6) is 2.64. The van der Waals surface area contributed by atoms with Crippen LogP contribution in [-0.2, 0) is 11.2 Å². The van der Waals surface area contributed by atoms with Gasteiger partial charge in [-0.15, -0.1) is 0 Å². The van der Waals surface area contributed by atoms with E-state index in [4.69, 9.17) is 15.2 Å². The summed E-state index contributed by atoms with van der Waals surface area (Å²) in [7, 11) is 0. The first-order chi connectivity index (χ1) is 12.2. The smallest absolute Gasteiger partial charge is 0.404 e. The zero-order valence-corrected chi connectivity index (χ0v) is 17.2. The van der Waals surface area contributed by atoms with Gasteiger partial charge in [0.25, 0.3) is 0 Å². The quantitative estimate of drug-likeness (QED) is 0.809. The summed E-state index contributed by atoms with van der Waals surface area (Å²) in [6.45, 7) is 9.23. The molecular weight excluding hydrogens is 396 g/mol. The molecular formula is C20H27BrN2O3. The number of benzene rings is 1. The highest BCUT2D eigenvalue weighted by Crippen LogP contribution is 2.57. The molecule has 2 fully saturated rings. The van der Waals surface area contributed by atoms with Gasteiger partial charge >= 0.3 is 6.09 Å². The Kier molecular flexibility index (Phi) is 4.47. The second kappa shape index (κ2) is 6.41. The van der Waals surface area contributed by atoms with Crippen LogP contribution in [0.5, 0.6) is 5.75 Å². The van der Waals surface area contributed by atoms with Crippen LogP contribution in [0.4, 0.5) is 4.79 Å². The highest BCUT2D eigenvalue weighted by molar-refractivity contribution is 9.10. The van der Waals surface area contributed by atoms with Crippen LogP contribution in [0, 0.1) is 23.2 Å². The lowest BCUT2D eigenvalue weighted by Crippen LogP contribution is -2.45. The molecule has 1 aromatic carbocycles. The molecule has 0 bridgehead atoms. The number of ether oxygens (including phenoxy) is 2. The average Bonchev–Trinajstić information content (AvgIpc) is 3.02. The summed E-state index contributed by atoms with van der Waals surface area (Å²) >= 11 is 3.50. The van der Waals surface area contributed by atoms with Crippen LogP contribution in [0.15, 0.2) is 22.7 Å². The molecule has 1 aliphatic carbocycles. The zero-order chi connectivity index (χ0) is 18.6. The molecule has 1 amide bonds. The van der Waals surface area contributed by atoms with Crippen molar-refractivity contribution in [1.29, 1.82) is 0 Å². The number of carbonyl (C=O) groups excluding carboxylic acids is 1. The molecule has 1 saturated heterocycles. The Morgan fingerprint density at radius 1 is 1.35 bits per heavy atom. The molecule has 2 aliphatic heterocycles. The van der Waals surface area contributed by atoms with Crippen LogP contribution < -0.4 is 10.5 Å². The summed E-state index contributed by atoms with van der Waals surface area (Å²) < 4.78 is 12.6. The molecule has 2 heterocycles. The van der Waals surface area contributed by atoms with Gasteiger partial charge in [-0.25, -0.2) is 4.79 Å². The second-order valence-corrected chi connectivity index (χ2v) is 9.92. The number of rotatable bonds is 3. The van der Waals surface area contributed by atoms with E-state index in [2.05, 4.69) is 59.8 Å². The van der Waals surface area contributed by atoms with Crippen molar-refractivity contribution >= 4 is 22.0 Å². The molecule has 4 rings (SSSR count). The lowest BCUT2D eigenvalue weighted by Gasteiger charge is -2.36. The molecule has 0 spiro atoms. The Labute approximate surface area is 163 Å². The Morgan fingerprint density at radius 2 is 2.04 bits per heavy atom. The van der Waals surface area contributed by atoms with Gasteiger partial charge in [0.05, 0.1) is 0 Å². The average molecular weight is 423 g/mol. The summed E-state index contributed by atoms with van der Waals surface area (Å²) in [5.41, 5.74) is 6.51. The van der Waals surface area contributed by atoms with Gasteiger partial charge in [-0.05, 0) is 41.4 Å². The summed E-state index contributed by atoms with van der Waals surface area (Å²) in [5, 5.41) is 0. The maximum Gasteiger partial charge on any atom is 0.404 e. The Hall–Kier alpha value is -1.27. The van der Waals surface area contributed by atoms with Crippen molar-refractivity contribution < 1.29 is 14.3 Å². The number of amides is 1. The monoisotopic (exact) mass is 422 g/mol. The minimum Gasteiger partial charge on any atom is -0.492 e. The molecule has 0 radical (unpaired) electrons. The molecule has 5 nitrogen and oxygen atoms in total. The molecule has 4 atom stereocenters. The highest BCUT2D eigenvalue weighted by Gasteiger charge is 2.62. The van der Waals surface area contributed by atoms with E-state index in [1.807, 2.05) is 0 Å². The van der Waals surface area contributed by atoms with Crippen molar-refractivity contribution in [2.75, 3.05) is 19.7 Å². The number of halogens is 1. The normalized spacial score (nSPS) is 31.5. The van der Waals surface area contributed by atoms with Gasteiger partial charge < -0.3 is 15.2 Å². The molecule has 142 valence electrons. The van der Waals surface area contributed by atoms with Crippen molar-refractivity contribution in [3.05, 3.63) is 28.2 Å². The van der Waals surface area contributed by atoms with E-state index < -0.39 is 6.09 Å². The summed E-state index contributed by atoms with van der Waals surface area (Å²) in [6.07, 6.45) is 0.278. The number of nitrogens with two attached hydrogens (primary N) is 1. The third-order valence-corrected chi connectivity index (χ3v) is 6.66. The van der Waals surface area contributed by atoms with Crippen LogP contribution in [0.25, 0.3) is 0 Å². The largest absolute Gasteiger partial charge is 0.492 e. The number of fused-ring (bicyclic) bond motifs is 2. The minimum atomic E-state index is -0.657. The molecule has 0 aromatic heterocycles. The van der Waals surface area contributed by atoms with Gasteiger partial charge in [-0.2, -0.15) is 0 Å². The third-order valence-electron chi connectivity index (χ3n) is 6.17. The topological polar surface area (TPSA) is 64.8 Å². The standard InChI is InChI=1S/C20H27BrN2O3/c1-20(2,3)18(26-19(22)24)17-14-8-23(9-15(14)17)13-6-11-4-5-12(21)7-16(11)25-10-13/h4-5,7,13-15,17-18H,6,8-10H2,1-3H3,(H2,22,24). The number of nitrogens with zero attached hydrogens (tertiary/aromatic N) is 1. The number of hydrogen-bond acceptors (Lipinski definition) is 4. The van der Waals surface area contributed by atoms with E-state index in [-0.39, 0.29) is 11.5 Å². The van der Waals surface area contributed by atoms with Gasteiger partial charge in [-0.1, -0.05) is 42.8 Å². The van der Waals surface area contributed by atoms with E-state index in [0.29, 0.717) is 23.8 Å². The lowest BCUT2D eigenvalue weighted by molar-refractivity contribution is 0.00697. The summed E-state index contributed by atoms with van der Waals surface area (Å²) in [4.78, 5) is 13.9. The SMILES string of the molecule is CC(C)(C)C(OC(N)=O)C1C2CN(C3COc4cc(Br)ccc4C3)CC21. The zero-order valence-electron chi connectivity index (χ0n) is 15.6. The van der Waals surface area contributed by atoms with Crippen LogP contribution in [0.3, 0.4) is 0 Å².